The van der Waals surface area contributed by atoms with Crippen LogP contribution in [0.5, 0.6) is 0 Å². The molecule has 0 aromatic rings. The number of esters is 2. The monoisotopic (exact) mass is 753 g/mol. The van der Waals surface area contributed by atoms with Gasteiger partial charge in [-0.05, 0) is 70.3 Å². The van der Waals surface area contributed by atoms with Gasteiger partial charge in [-0.1, -0.05) is 121 Å². The molecule has 2 atom stereocenters. The molecule has 0 radical (unpaired) electrons. The van der Waals surface area contributed by atoms with Crippen LogP contribution in [0, 0.1) is 0 Å². The first-order chi connectivity index (χ1) is 25.2. The van der Waals surface area contributed by atoms with Crippen molar-refractivity contribution in [3.05, 3.63) is 48.6 Å². The summed E-state index contributed by atoms with van der Waals surface area (Å²) in [5, 5.41) is 0. The molecule has 0 aromatic heterocycles. The number of carbonyl (C=O) groups is 3. The Balaban J connectivity index is 4.30. The molecule has 0 aliphatic rings. The van der Waals surface area contributed by atoms with Crippen molar-refractivity contribution < 1.29 is 42.4 Å². The second-order valence-electron chi connectivity index (χ2n) is 13.2. The van der Waals surface area contributed by atoms with Crippen LogP contribution in [0.1, 0.15) is 162 Å². The van der Waals surface area contributed by atoms with E-state index in [9.17, 15) is 23.8 Å². The molecule has 10 nitrogen and oxygen atoms in total. The topological polar surface area (TPSA) is 151 Å². The molecular formula is C41H72NO9P. The fourth-order valence-electron chi connectivity index (χ4n) is 5.11. The molecule has 0 saturated heterocycles. The molecule has 0 rings (SSSR count). The molecule has 300 valence electrons. The van der Waals surface area contributed by atoms with Crippen molar-refractivity contribution in [2.75, 3.05) is 26.4 Å². The number of ketones is 1. The molecule has 0 spiro atoms. The number of ether oxygens (including phenoxy) is 2. The Bertz CT molecular complexity index is 1060. The van der Waals surface area contributed by atoms with Gasteiger partial charge in [0.05, 0.1) is 13.2 Å². The number of phosphoric ester groups is 1. The first-order valence-electron chi connectivity index (χ1n) is 20.1. The van der Waals surface area contributed by atoms with E-state index in [1.165, 1.54) is 19.3 Å². The maximum atomic E-state index is 12.5. The Labute approximate surface area is 315 Å². The molecule has 0 amide bonds. The van der Waals surface area contributed by atoms with Gasteiger partial charge in [-0.3, -0.25) is 23.4 Å². The summed E-state index contributed by atoms with van der Waals surface area (Å²) >= 11 is 0. The van der Waals surface area contributed by atoms with Crippen molar-refractivity contribution in [1.29, 1.82) is 0 Å². The molecule has 0 saturated carbocycles. The van der Waals surface area contributed by atoms with E-state index in [0.29, 0.717) is 19.3 Å². The summed E-state index contributed by atoms with van der Waals surface area (Å²) in [5.74, 6) is -0.735. The minimum Gasteiger partial charge on any atom is -0.462 e. The number of hydrogen-bond donors (Lipinski definition) is 2. The lowest BCUT2D eigenvalue weighted by Crippen LogP contribution is -2.29. The normalized spacial score (nSPS) is 13.8. The van der Waals surface area contributed by atoms with Gasteiger partial charge in [0.15, 0.2) is 11.9 Å². The van der Waals surface area contributed by atoms with E-state index in [1.54, 1.807) is 6.08 Å². The third-order valence-corrected chi connectivity index (χ3v) is 9.15. The maximum Gasteiger partial charge on any atom is 0.472 e. The highest BCUT2D eigenvalue weighted by molar-refractivity contribution is 7.47. The van der Waals surface area contributed by atoms with Crippen molar-refractivity contribution >= 4 is 25.5 Å². The van der Waals surface area contributed by atoms with Crippen LogP contribution < -0.4 is 5.73 Å². The fraction of sp³-hybridized carbons (Fsp3) is 0.732. The summed E-state index contributed by atoms with van der Waals surface area (Å²) in [5.41, 5.74) is 5.33. The molecular weight excluding hydrogens is 681 g/mol. The minimum absolute atomic E-state index is 0.0363. The zero-order chi connectivity index (χ0) is 38.4. The van der Waals surface area contributed by atoms with Crippen LogP contribution in [0.15, 0.2) is 48.6 Å². The van der Waals surface area contributed by atoms with Crippen molar-refractivity contribution in [3.63, 3.8) is 0 Å². The number of phosphoric acid groups is 1. The maximum absolute atomic E-state index is 12.5. The lowest BCUT2D eigenvalue weighted by atomic mass is 10.1. The van der Waals surface area contributed by atoms with E-state index in [1.807, 2.05) is 12.2 Å². The summed E-state index contributed by atoms with van der Waals surface area (Å²) in [6.07, 6.45) is 36.9. The summed E-state index contributed by atoms with van der Waals surface area (Å²) in [4.78, 5) is 46.5. The number of hydrogen-bond acceptors (Lipinski definition) is 9. The second kappa shape index (κ2) is 37.0. The first kappa shape index (κ1) is 49.6. The van der Waals surface area contributed by atoms with Gasteiger partial charge in [0.25, 0.3) is 0 Å². The van der Waals surface area contributed by atoms with Crippen molar-refractivity contribution in [3.8, 4) is 0 Å². The van der Waals surface area contributed by atoms with Crippen LogP contribution in [0.25, 0.3) is 0 Å². The SMILES string of the molecule is CCCCC/C=C\C/C=C\CCCCCCCC(=O)O[C@H](COC(=O)CCCCCCC/C=C\C=C\C(=O)CCCCC)COP(=O)(O)OCCN. The predicted octanol–water partition coefficient (Wildman–Crippen LogP) is 10.3. The highest BCUT2D eigenvalue weighted by Gasteiger charge is 2.26. The first-order valence-corrected chi connectivity index (χ1v) is 21.6. The molecule has 3 N–H and O–H groups in total. The predicted molar refractivity (Wildman–Crippen MR) is 211 cm³/mol. The molecule has 0 aliphatic carbocycles. The van der Waals surface area contributed by atoms with Crippen LogP contribution in [0.4, 0.5) is 0 Å². The molecule has 0 aliphatic heterocycles. The zero-order valence-corrected chi connectivity index (χ0v) is 33.4. The molecule has 0 aromatic carbocycles. The highest BCUT2D eigenvalue weighted by atomic mass is 31.2. The van der Waals surface area contributed by atoms with E-state index in [4.69, 9.17) is 24.3 Å². The molecule has 0 heterocycles. The van der Waals surface area contributed by atoms with Crippen molar-refractivity contribution in [1.82, 2.24) is 0 Å². The van der Waals surface area contributed by atoms with E-state index in [-0.39, 0.29) is 38.4 Å². The van der Waals surface area contributed by atoms with Gasteiger partial charge in [0.1, 0.15) is 6.61 Å². The average Bonchev–Trinajstić information content (AvgIpc) is 3.12. The molecule has 1 unspecified atom stereocenters. The van der Waals surface area contributed by atoms with E-state index in [0.717, 1.165) is 96.3 Å². The number of rotatable bonds is 37. The van der Waals surface area contributed by atoms with Crippen LogP contribution in [-0.4, -0.2) is 55.1 Å². The van der Waals surface area contributed by atoms with Crippen LogP contribution in [0.2, 0.25) is 0 Å². The Morgan fingerprint density at radius 1 is 0.635 bits per heavy atom. The smallest absolute Gasteiger partial charge is 0.462 e. The number of carbonyl (C=O) groups excluding carboxylic acids is 3. The van der Waals surface area contributed by atoms with Gasteiger partial charge in [-0.25, -0.2) is 4.57 Å². The van der Waals surface area contributed by atoms with Crippen LogP contribution in [-0.2, 0) is 37.5 Å². The Morgan fingerprint density at radius 3 is 1.81 bits per heavy atom. The number of allylic oxidation sites excluding steroid dienone is 8. The average molecular weight is 754 g/mol. The Hall–Kier alpha value is -2.36. The summed E-state index contributed by atoms with van der Waals surface area (Å²) < 4.78 is 32.6. The Morgan fingerprint density at radius 2 is 1.17 bits per heavy atom. The van der Waals surface area contributed by atoms with E-state index < -0.39 is 32.5 Å². The van der Waals surface area contributed by atoms with Gasteiger partial charge >= 0.3 is 19.8 Å². The van der Waals surface area contributed by atoms with Gasteiger partial charge in [-0.2, -0.15) is 0 Å². The standard InChI is InChI=1S/C41H72NO9P/c1-3-5-7-8-9-10-11-12-13-14-15-18-22-25-29-33-41(45)51-39(37-50-52(46,47)49-35-34-42)36-48-40(44)32-28-24-21-19-16-17-20-23-27-31-38(43)30-26-6-4-2/h9-10,12-13,20,23,27,31,39H,3-8,11,14-19,21-22,24-26,28-30,32-37,42H2,1-2H3,(H,46,47)/b10-9-,13-12-,23-20-,31-27+/t39-/m1/s1. The fourth-order valence-corrected chi connectivity index (χ4v) is 5.88. The third kappa shape index (κ3) is 36.0. The Kier molecular flexibility index (Phi) is 35.3. The van der Waals surface area contributed by atoms with Crippen LogP contribution >= 0.6 is 7.82 Å². The number of nitrogens with two attached hydrogens (primary N) is 1. The molecule has 0 fully saturated rings. The molecule has 52 heavy (non-hydrogen) atoms. The van der Waals surface area contributed by atoms with Gasteiger partial charge in [-0.15, -0.1) is 0 Å². The largest absolute Gasteiger partial charge is 0.472 e. The van der Waals surface area contributed by atoms with Crippen LogP contribution in [0.3, 0.4) is 0 Å². The third-order valence-electron chi connectivity index (χ3n) is 8.16. The molecule has 0 bridgehead atoms. The van der Waals surface area contributed by atoms with Crippen molar-refractivity contribution in [2.45, 2.75) is 168 Å². The zero-order valence-electron chi connectivity index (χ0n) is 32.5. The number of unbranched alkanes of at least 4 members (excludes halogenated alkanes) is 15. The van der Waals surface area contributed by atoms with Gasteiger partial charge in [0.2, 0.25) is 0 Å². The summed E-state index contributed by atoms with van der Waals surface area (Å²) in [6, 6.07) is 0. The van der Waals surface area contributed by atoms with E-state index >= 15 is 0 Å². The minimum atomic E-state index is -4.40. The van der Waals surface area contributed by atoms with Gasteiger partial charge in [0, 0.05) is 25.8 Å². The summed E-state index contributed by atoms with van der Waals surface area (Å²) in [6.45, 7) is 3.46. The van der Waals surface area contributed by atoms with Crippen molar-refractivity contribution in [2.24, 2.45) is 5.73 Å². The van der Waals surface area contributed by atoms with Gasteiger partial charge < -0.3 is 20.1 Å². The molecule has 11 heteroatoms. The second-order valence-corrected chi connectivity index (χ2v) is 14.6. The quantitative estimate of drug-likeness (QED) is 0.0157. The van der Waals surface area contributed by atoms with E-state index in [2.05, 4.69) is 44.2 Å². The summed E-state index contributed by atoms with van der Waals surface area (Å²) in [7, 11) is -4.40. The highest BCUT2D eigenvalue weighted by Crippen LogP contribution is 2.43. The lowest BCUT2D eigenvalue weighted by Gasteiger charge is -2.19. The lowest BCUT2D eigenvalue weighted by molar-refractivity contribution is -0.161.